The smallest absolute Gasteiger partial charge is 0.243 e. The zero-order valence-corrected chi connectivity index (χ0v) is 17.8. The van der Waals surface area contributed by atoms with E-state index >= 15 is 0 Å². The summed E-state index contributed by atoms with van der Waals surface area (Å²) >= 11 is 3.39. The molecular formula is C21H21BrN4O3. The molecular weight excluding hydrogens is 436 g/mol. The molecule has 0 aliphatic heterocycles. The van der Waals surface area contributed by atoms with Gasteiger partial charge in [0.25, 0.3) is 0 Å². The van der Waals surface area contributed by atoms with Gasteiger partial charge in [0.2, 0.25) is 23.5 Å². The summed E-state index contributed by atoms with van der Waals surface area (Å²) in [5.74, 6) is 0.453. The minimum Gasteiger partial charge on any atom is -0.339 e. The number of carbonyl (C=O) groups excluding carboxylic acids is 2. The van der Waals surface area contributed by atoms with Gasteiger partial charge in [0.15, 0.2) is 0 Å². The van der Waals surface area contributed by atoms with Crippen molar-refractivity contribution in [2.24, 2.45) is 0 Å². The second kappa shape index (κ2) is 9.47. The highest BCUT2D eigenvalue weighted by Crippen LogP contribution is 2.20. The maximum Gasteiger partial charge on any atom is 0.243 e. The summed E-state index contributed by atoms with van der Waals surface area (Å²) in [4.78, 5) is 30.3. The molecule has 1 heterocycles. The van der Waals surface area contributed by atoms with Crippen LogP contribution in [0.1, 0.15) is 17.9 Å². The maximum atomic E-state index is 12.3. The molecule has 150 valence electrons. The van der Waals surface area contributed by atoms with Gasteiger partial charge in [-0.25, -0.2) is 0 Å². The topological polar surface area (TPSA) is 88.3 Å². The Morgan fingerprint density at radius 2 is 1.93 bits per heavy atom. The van der Waals surface area contributed by atoms with Gasteiger partial charge >= 0.3 is 0 Å². The van der Waals surface area contributed by atoms with Crippen molar-refractivity contribution in [2.75, 3.05) is 18.9 Å². The van der Waals surface area contributed by atoms with Gasteiger partial charge in [0.05, 0.1) is 6.54 Å². The van der Waals surface area contributed by atoms with Gasteiger partial charge in [0, 0.05) is 35.6 Å². The fourth-order valence-electron chi connectivity index (χ4n) is 2.73. The zero-order chi connectivity index (χ0) is 20.8. The SMILES string of the molecule is Cc1cc(Br)ccc1NC(=O)CN(C)C(=O)CCc1nc(-c2ccccc2)no1. The van der Waals surface area contributed by atoms with E-state index in [-0.39, 0.29) is 24.8 Å². The number of nitrogens with zero attached hydrogens (tertiary/aromatic N) is 3. The Morgan fingerprint density at radius 3 is 2.66 bits per heavy atom. The van der Waals surface area contributed by atoms with Crippen molar-refractivity contribution >= 4 is 33.4 Å². The molecule has 0 saturated heterocycles. The summed E-state index contributed by atoms with van der Waals surface area (Å²) in [7, 11) is 1.60. The molecule has 0 spiro atoms. The molecule has 0 bridgehead atoms. The van der Waals surface area contributed by atoms with Crippen molar-refractivity contribution in [3.05, 3.63) is 64.5 Å². The van der Waals surface area contributed by atoms with E-state index in [9.17, 15) is 9.59 Å². The second-order valence-electron chi connectivity index (χ2n) is 6.63. The highest BCUT2D eigenvalue weighted by Gasteiger charge is 2.16. The van der Waals surface area contributed by atoms with Crippen molar-refractivity contribution in [3.8, 4) is 11.4 Å². The number of benzene rings is 2. The van der Waals surface area contributed by atoms with Gasteiger partial charge in [-0.1, -0.05) is 51.4 Å². The first-order chi connectivity index (χ1) is 13.9. The van der Waals surface area contributed by atoms with Crippen LogP contribution in [0.15, 0.2) is 57.5 Å². The number of aromatic nitrogens is 2. The first-order valence-corrected chi connectivity index (χ1v) is 9.89. The minimum atomic E-state index is -0.254. The fourth-order valence-corrected chi connectivity index (χ4v) is 3.20. The van der Waals surface area contributed by atoms with Crippen LogP contribution in [0.4, 0.5) is 5.69 Å². The number of nitrogens with one attached hydrogen (secondary N) is 1. The normalized spacial score (nSPS) is 10.6. The van der Waals surface area contributed by atoms with Gasteiger partial charge in [-0.3, -0.25) is 9.59 Å². The zero-order valence-electron chi connectivity index (χ0n) is 16.2. The number of likely N-dealkylation sites (N-methyl/N-ethyl adjacent to an activating group) is 1. The average molecular weight is 457 g/mol. The lowest BCUT2D eigenvalue weighted by Gasteiger charge is -2.17. The standard InChI is InChI=1S/C21H21BrN4O3/c1-14-12-16(22)8-9-17(14)23-18(27)13-26(2)20(28)11-10-19-24-21(25-29-19)15-6-4-3-5-7-15/h3-9,12H,10-11,13H2,1-2H3,(H,23,27). The molecule has 0 saturated carbocycles. The predicted molar refractivity (Wildman–Crippen MR) is 113 cm³/mol. The quantitative estimate of drug-likeness (QED) is 0.583. The number of hydrogen-bond donors (Lipinski definition) is 1. The number of hydrogen-bond acceptors (Lipinski definition) is 5. The van der Waals surface area contributed by atoms with E-state index < -0.39 is 0 Å². The van der Waals surface area contributed by atoms with Crippen LogP contribution in [-0.2, 0) is 16.0 Å². The van der Waals surface area contributed by atoms with Crippen LogP contribution in [-0.4, -0.2) is 40.4 Å². The summed E-state index contributed by atoms with van der Waals surface area (Å²) in [6, 6.07) is 15.1. The third-order valence-electron chi connectivity index (χ3n) is 4.32. The van der Waals surface area contributed by atoms with Crippen LogP contribution in [0.25, 0.3) is 11.4 Å². The molecule has 0 aliphatic carbocycles. The van der Waals surface area contributed by atoms with Crippen LogP contribution in [0.2, 0.25) is 0 Å². The van der Waals surface area contributed by atoms with Gasteiger partial charge < -0.3 is 14.7 Å². The van der Waals surface area contributed by atoms with Crippen LogP contribution in [0, 0.1) is 6.92 Å². The van der Waals surface area contributed by atoms with E-state index in [4.69, 9.17) is 4.52 Å². The van der Waals surface area contributed by atoms with E-state index in [1.807, 2.05) is 55.5 Å². The highest BCUT2D eigenvalue weighted by atomic mass is 79.9. The van der Waals surface area contributed by atoms with Gasteiger partial charge in [0.1, 0.15) is 0 Å². The third kappa shape index (κ3) is 5.74. The van der Waals surface area contributed by atoms with Crippen molar-refractivity contribution in [1.82, 2.24) is 15.0 Å². The van der Waals surface area contributed by atoms with Crippen molar-refractivity contribution in [2.45, 2.75) is 19.8 Å². The Bertz CT molecular complexity index is 1000. The Hall–Kier alpha value is -3.00. The molecule has 3 aromatic rings. The third-order valence-corrected chi connectivity index (χ3v) is 4.82. The Balaban J connectivity index is 1.49. The Labute approximate surface area is 177 Å². The first kappa shape index (κ1) is 20.7. The number of aryl methyl sites for hydroxylation is 2. The van der Waals surface area contributed by atoms with Gasteiger partial charge in [-0.15, -0.1) is 0 Å². The molecule has 0 unspecified atom stereocenters. The Morgan fingerprint density at radius 1 is 1.17 bits per heavy atom. The molecule has 0 radical (unpaired) electrons. The minimum absolute atomic E-state index is 0.0343. The molecule has 0 fully saturated rings. The maximum absolute atomic E-state index is 12.3. The number of halogens is 1. The molecule has 1 aromatic heterocycles. The van der Waals surface area contributed by atoms with Crippen molar-refractivity contribution in [1.29, 1.82) is 0 Å². The molecule has 7 nitrogen and oxygen atoms in total. The molecule has 0 atom stereocenters. The molecule has 2 aromatic carbocycles. The van der Waals surface area contributed by atoms with E-state index in [0.717, 1.165) is 21.3 Å². The largest absolute Gasteiger partial charge is 0.339 e. The lowest BCUT2D eigenvalue weighted by molar-refractivity contribution is -0.133. The lowest BCUT2D eigenvalue weighted by atomic mass is 10.2. The number of carbonyl (C=O) groups is 2. The van der Waals surface area contributed by atoms with E-state index in [1.54, 1.807) is 7.05 Å². The first-order valence-electron chi connectivity index (χ1n) is 9.10. The Kier molecular flexibility index (Phi) is 6.77. The van der Waals surface area contributed by atoms with Crippen molar-refractivity contribution < 1.29 is 14.1 Å². The average Bonchev–Trinajstić information content (AvgIpc) is 3.18. The summed E-state index contributed by atoms with van der Waals surface area (Å²) < 4.78 is 6.16. The van der Waals surface area contributed by atoms with Crippen LogP contribution < -0.4 is 5.32 Å². The summed E-state index contributed by atoms with van der Waals surface area (Å²) in [5, 5.41) is 6.76. The molecule has 29 heavy (non-hydrogen) atoms. The van der Waals surface area contributed by atoms with Crippen molar-refractivity contribution in [3.63, 3.8) is 0 Å². The number of rotatable bonds is 7. The summed E-state index contributed by atoms with van der Waals surface area (Å²) in [6.07, 6.45) is 0.494. The number of amides is 2. The van der Waals surface area contributed by atoms with E-state index in [0.29, 0.717) is 18.1 Å². The van der Waals surface area contributed by atoms with Gasteiger partial charge in [-0.2, -0.15) is 4.98 Å². The van der Waals surface area contributed by atoms with Gasteiger partial charge in [-0.05, 0) is 30.7 Å². The summed E-state index contributed by atoms with van der Waals surface area (Å²) in [6.45, 7) is 1.87. The second-order valence-corrected chi connectivity index (χ2v) is 7.55. The summed E-state index contributed by atoms with van der Waals surface area (Å²) in [5.41, 5.74) is 2.51. The lowest BCUT2D eigenvalue weighted by Crippen LogP contribution is -2.35. The molecule has 2 amide bonds. The van der Waals surface area contributed by atoms with E-state index in [2.05, 4.69) is 31.4 Å². The molecule has 1 N–H and O–H groups in total. The predicted octanol–water partition coefficient (Wildman–Crippen LogP) is 3.84. The number of anilines is 1. The van der Waals surface area contributed by atoms with Crippen LogP contribution in [0.5, 0.6) is 0 Å². The molecule has 3 rings (SSSR count). The highest BCUT2D eigenvalue weighted by molar-refractivity contribution is 9.10. The molecule has 0 aliphatic rings. The molecule has 8 heteroatoms. The van der Waals surface area contributed by atoms with E-state index in [1.165, 1.54) is 4.90 Å². The monoisotopic (exact) mass is 456 g/mol. The van der Waals surface area contributed by atoms with Crippen LogP contribution >= 0.6 is 15.9 Å². The van der Waals surface area contributed by atoms with Crippen LogP contribution in [0.3, 0.4) is 0 Å². The fraction of sp³-hybridized carbons (Fsp3) is 0.238.